The Labute approximate surface area is 98.6 Å². The highest BCUT2D eigenvalue weighted by Crippen LogP contribution is 2.25. The summed E-state index contributed by atoms with van der Waals surface area (Å²) in [5.74, 6) is 0.373. The first-order valence-electron chi connectivity index (χ1n) is 3.87. The first-order valence-corrected chi connectivity index (χ1v) is 5.92. The fraction of sp³-hybridized carbons (Fsp3) is 0.125. The van der Waals surface area contributed by atoms with Crippen molar-refractivity contribution in [3.63, 3.8) is 0 Å². The SMILES string of the molecule is Nc1nn(Cc2ccsc2Br)cc1Cl. The van der Waals surface area contributed by atoms with E-state index in [1.165, 1.54) is 5.56 Å². The van der Waals surface area contributed by atoms with Gasteiger partial charge in [-0.15, -0.1) is 11.3 Å². The molecule has 0 unspecified atom stereocenters. The number of hydrogen-bond acceptors (Lipinski definition) is 3. The van der Waals surface area contributed by atoms with Crippen molar-refractivity contribution in [1.29, 1.82) is 0 Å². The van der Waals surface area contributed by atoms with Crippen LogP contribution in [0.25, 0.3) is 0 Å². The molecule has 2 heterocycles. The standard InChI is InChI=1S/C8H7BrClN3S/c9-7-5(1-2-14-7)3-13-4-6(10)8(11)12-13/h1-2,4H,3H2,(H2,11,12). The van der Waals surface area contributed by atoms with Gasteiger partial charge < -0.3 is 5.73 Å². The fourth-order valence-corrected chi connectivity index (χ4v) is 2.47. The molecule has 0 aromatic carbocycles. The van der Waals surface area contributed by atoms with Crippen molar-refractivity contribution in [3.05, 3.63) is 32.0 Å². The van der Waals surface area contributed by atoms with Gasteiger partial charge in [0.05, 0.1) is 10.3 Å². The van der Waals surface area contributed by atoms with Crippen LogP contribution in [0.2, 0.25) is 5.02 Å². The van der Waals surface area contributed by atoms with Gasteiger partial charge in [-0.25, -0.2) is 0 Å². The van der Waals surface area contributed by atoms with Gasteiger partial charge in [0, 0.05) is 6.20 Å². The maximum Gasteiger partial charge on any atom is 0.164 e. The van der Waals surface area contributed by atoms with Crippen molar-refractivity contribution in [2.75, 3.05) is 5.73 Å². The zero-order valence-electron chi connectivity index (χ0n) is 7.08. The molecule has 3 nitrogen and oxygen atoms in total. The third-order valence-electron chi connectivity index (χ3n) is 1.77. The van der Waals surface area contributed by atoms with Crippen molar-refractivity contribution < 1.29 is 0 Å². The van der Waals surface area contributed by atoms with E-state index < -0.39 is 0 Å². The molecule has 0 saturated heterocycles. The Kier molecular flexibility index (Phi) is 2.80. The molecule has 6 heteroatoms. The van der Waals surface area contributed by atoms with Gasteiger partial charge in [-0.2, -0.15) is 5.10 Å². The summed E-state index contributed by atoms with van der Waals surface area (Å²) in [4.78, 5) is 0. The van der Waals surface area contributed by atoms with Gasteiger partial charge in [-0.1, -0.05) is 11.6 Å². The molecule has 2 N–H and O–H groups in total. The Bertz CT molecular complexity index is 432. The van der Waals surface area contributed by atoms with E-state index in [2.05, 4.69) is 21.0 Å². The minimum atomic E-state index is 0.373. The topological polar surface area (TPSA) is 43.8 Å². The molecular weight excluding hydrogens is 286 g/mol. The van der Waals surface area contributed by atoms with Crippen LogP contribution in [0.15, 0.2) is 21.4 Å². The Morgan fingerprint density at radius 2 is 2.43 bits per heavy atom. The molecule has 0 aliphatic heterocycles. The van der Waals surface area contributed by atoms with Gasteiger partial charge >= 0.3 is 0 Å². The molecule has 0 radical (unpaired) electrons. The van der Waals surface area contributed by atoms with Crippen LogP contribution in [-0.2, 0) is 6.54 Å². The number of rotatable bonds is 2. The van der Waals surface area contributed by atoms with Gasteiger partial charge in [0.15, 0.2) is 5.82 Å². The first kappa shape index (κ1) is 10.0. The maximum absolute atomic E-state index is 5.79. The smallest absolute Gasteiger partial charge is 0.164 e. The molecule has 0 amide bonds. The highest BCUT2D eigenvalue weighted by atomic mass is 79.9. The molecule has 0 atom stereocenters. The third-order valence-corrected chi connectivity index (χ3v) is 3.87. The van der Waals surface area contributed by atoms with E-state index in [-0.39, 0.29) is 0 Å². The number of aromatic nitrogens is 2. The average Bonchev–Trinajstić information content (AvgIpc) is 2.63. The van der Waals surface area contributed by atoms with Gasteiger partial charge in [0.25, 0.3) is 0 Å². The quantitative estimate of drug-likeness (QED) is 0.925. The van der Waals surface area contributed by atoms with Crippen molar-refractivity contribution in [2.45, 2.75) is 6.54 Å². The van der Waals surface area contributed by atoms with Crippen LogP contribution < -0.4 is 5.73 Å². The van der Waals surface area contributed by atoms with Gasteiger partial charge in [-0.05, 0) is 32.9 Å². The minimum absolute atomic E-state index is 0.373. The summed E-state index contributed by atoms with van der Waals surface area (Å²) in [5, 5.41) is 6.59. The van der Waals surface area contributed by atoms with Crippen LogP contribution in [0.4, 0.5) is 5.82 Å². The lowest BCUT2D eigenvalue weighted by Crippen LogP contribution is -2.00. The predicted octanol–water partition coefficient (Wildman–Crippen LogP) is 2.99. The fourth-order valence-electron chi connectivity index (χ4n) is 1.10. The lowest BCUT2D eigenvalue weighted by Gasteiger charge is -1.98. The summed E-state index contributed by atoms with van der Waals surface area (Å²) in [6.45, 7) is 0.682. The number of hydrogen-bond donors (Lipinski definition) is 1. The second-order valence-corrected chi connectivity index (χ2v) is 5.42. The Morgan fingerprint density at radius 1 is 1.64 bits per heavy atom. The van der Waals surface area contributed by atoms with Crippen LogP contribution in [0.1, 0.15) is 5.56 Å². The van der Waals surface area contributed by atoms with E-state index >= 15 is 0 Å². The molecule has 0 aliphatic rings. The van der Waals surface area contributed by atoms with Crippen LogP contribution in [0.5, 0.6) is 0 Å². The van der Waals surface area contributed by atoms with Crippen molar-refractivity contribution >= 4 is 44.7 Å². The average molecular weight is 293 g/mol. The zero-order valence-corrected chi connectivity index (χ0v) is 10.2. The molecular formula is C8H7BrClN3S. The largest absolute Gasteiger partial charge is 0.381 e. The van der Waals surface area contributed by atoms with E-state index in [0.717, 1.165) is 3.79 Å². The molecule has 2 rings (SSSR count). The lowest BCUT2D eigenvalue weighted by molar-refractivity contribution is 0.690. The summed E-state index contributed by atoms with van der Waals surface area (Å²) in [5.41, 5.74) is 6.71. The number of nitrogens with two attached hydrogens (primary N) is 1. The molecule has 2 aromatic heterocycles. The van der Waals surface area contributed by atoms with Gasteiger partial charge in [-0.3, -0.25) is 4.68 Å². The first-order chi connectivity index (χ1) is 6.66. The highest BCUT2D eigenvalue weighted by molar-refractivity contribution is 9.11. The molecule has 2 aromatic rings. The molecule has 0 saturated carbocycles. The molecule has 74 valence electrons. The summed E-state index contributed by atoms with van der Waals surface area (Å²) in [7, 11) is 0. The van der Waals surface area contributed by atoms with Crippen LogP contribution >= 0.6 is 38.9 Å². The number of thiophene rings is 1. The molecule has 0 spiro atoms. The predicted molar refractivity (Wildman–Crippen MR) is 62.8 cm³/mol. The van der Waals surface area contributed by atoms with Crippen molar-refractivity contribution in [1.82, 2.24) is 9.78 Å². The minimum Gasteiger partial charge on any atom is -0.381 e. The Balaban J connectivity index is 2.23. The summed E-state index contributed by atoms with van der Waals surface area (Å²) < 4.78 is 2.84. The molecule has 14 heavy (non-hydrogen) atoms. The molecule has 0 bridgehead atoms. The van der Waals surface area contributed by atoms with E-state index in [4.69, 9.17) is 17.3 Å². The van der Waals surface area contributed by atoms with Crippen molar-refractivity contribution in [2.24, 2.45) is 0 Å². The van der Waals surface area contributed by atoms with E-state index in [1.807, 2.05) is 11.4 Å². The van der Waals surface area contributed by atoms with Crippen LogP contribution in [-0.4, -0.2) is 9.78 Å². The number of halogens is 2. The normalized spacial score (nSPS) is 10.7. The van der Waals surface area contributed by atoms with Gasteiger partial charge in [0.1, 0.15) is 5.02 Å². The van der Waals surface area contributed by atoms with E-state index in [0.29, 0.717) is 17.4 Å². The molecule has 0 fully saturated rings. The number of nitrogen functional groups attached to an aromatic ring is 1. The number of nitrogens with zero attached hydrogens (tertiary/aromatic N) is 2. The Hall–Kier alpha value is -0.520. The maximum atomic E-state index is 5.79. The third kappa shape index (κ3) is 1.94. The Morgan fingerprint density at radius 3 is 2.93 bits per heavy atom. The number of anilines is 1. The van der Waals surface area contributed by atoms with Crippen LogP contribution in [0, 0.1) is 0 Å². The second-order valence-electron chi connectivity index (χ2n) is 2.78. The highest BCUT2D eigenvalue weighted by Gasteiger charge is 2.05. The summed E-state index contributed by atoms with van der Waals surface area (Å²) in [6, 6.07) is 2.04. The van der Waals surface area contributed by atoms with E-state index in [1.54, 1.807) is 22.2 Å². The zero-order chi connectivity index (χ0) is 10.1. The van der Waals surface area contributed by atoms with Crippen LogP contribution in [0.3, 0.4) is 0 Å². The second kappa shape index (κ2) is 3.92. The summed E-state index contributed by atoms with van der Waals surface area (Å²) >= 11 is 10.9. The molecule has 0 aliphatic carbocycles. The summed E-state index contributed by atoms with van der Waals surface area (Å²) in [6.07, 6.45) is 1.72. The van der Waals surface area contributed by atoms with Gasteiger partial charge in [0.2, 0.25) is 0 Å². The van der Waals surface area contributed by atoms with E-state index in [9.17, 15) is 0 Å². The lowest BCUT2D eigenvalue weighted by atomic mass is 10.3. The monoisotopic (exact) mass is 291 g/mol. The van der Waals surface area contributed by atoms with Crippen molar-refractivity contribution in [3.8, 4) is 0 Å².